The number of aliphatic hydroxyl groups is 2. The van der Waals surface area contributed by atoms with E-state index in [0.29, 0.717) is 0 Å². The summed E-state index contributed by atoms with van der Waals surface area (Å²) in [4.78, 5) is 11.1. The molecule has 0 rings (SSSR count). The molecule has 0 aromatic carbocycles. The van der Waals surface area contributed by atoms with Crippen molar-refractivity contribution in [1.29, 1.82) is 0 Å². The first-order valence-corrected chi connectivity index (χ1v) is 5.67. The standard InChI is InChI=1S/C11H23NO4/c1-11(15,10(14)16-2)9-12-7-5-3-4-6-8-13/h12-13,15H,3-9H2,1-2H3. The maximum Gasteiger partial charge on any atom is 0.338 e. The number of carbonyl (C=O) groups excluding carboxylic acids is 1. The minimum absolute atomic E-state index is 0.194. The molecule has 1 atom stereocenters. The van der Waals surface area contributed by atoms with Gasteiger partial charge in [0.2, 0.25) is 0 Å². The Labute approximate surface area is 96.8 Å². The molecule has 0 heterocycles. The Morgan fingerprint density at radius 2 is 1.94 bits per heavy atom. The second-order valence-corrected chi connectivity index (χ2v) is 4.08. The quantitative estimate of drug-likeness (QED) is 0.387. The van der Waals surface area contributed by atoms with Crippen LogP contribution in [0.3, 0.4) is 0 Å². The molecule has 0 aliphatic carbocycles. The monoisotopic (exact) mass is 233 g/mol. The Bertz CT molecular complexity index is 194. The van der Waals surface area contributed by atoms with Gasteiger partial charge in [0.1, 0.15) is 0 Å². The van der Waals surface area contributed by atoms with Crippen LogP contribution in [0.5, 0.6) is 0 Å². The first kappa shape index (κ1) is 15.3. The zero-order valence-corrected chi connectivity index (χ0v) is 10.2. The molecule has 5 nitrogen and oxygen atoms in total. The van der Waals surface area contributed by atoms with Gasteiger partial charge in [-0.3, -0.25) is 0 Å². The lowest BCUT2D eigenvalue weighted by molar-refractivity contribution is -0.159. The van der Waals surface area contributed by atoms with Crippen LogP contribution >= 0.6 is 0 Å². The van der Waals surface area contributed by atoms with Crippen molar-refractivity contribution in [2.45, 2.75) is 38.2 Å². The number of rotatable bonds is 9. The van der Waals surface area contributed by atoms with Crippen LogP contribution in [0, 0.1) is 0 Å². The number of ether oxygens (including phenoxy) is 1. The number of aliphatic hydroxyl groups excluding tert-OH is 1. The van der Waals surface area contributed by atoms with Gasteiger partial charge in [-0.25, -0.2) is 4.79 Å². The lowest BCUT2D eigenvalue weighted by atomic mass is 10.1. The van der Waals surface area contributed by atoms with E-state index in [1.165, 1.54) is 14.0 Å². The Kier molecular flexibility index (Phi) is 8.15. The largest absolute Gasteiger partial charge is 0.467 e. The Morgan fingerprint density at radius 1 is 1.31 bits per heavy atom. The van der Waals surface area contributed by atoms with E-state index in [-0.39, 0.29) is 13.2 Å². The molecule has 0 saturated carbocycles. The van der Waals surface area contributed by atoms with Crippen molar-refractivity contribution in [3.05, 3.63) is 0 Å². The molecule has 0 amide bonds. The van der Waals surface area contributed by atoms with Crippen molar-refractivity contribution < 1.29 is 19.7 Å². The number of hydrogen-bond acceptors (Lipinski definition) is 5. The zero-order valence-electron chi connectivity index (χ0n) is 10.2. The Hall–Kier alpha value is -0.650. The topological polar surface area (TPSA) is 78.8 Å². The highest BCUT2D eigenvalue weighted by Crippen LogP contribution is 2.04. The number of esters is 1. The van der Waals surface area contributed by atoms with Gasteiger partial charge in [-0.2, -0.15) is 0 Å². The normalized spacial score (nSPS) is 14.5. The van der Waals surface area contributed by atoms with Gasteiger partial charge in [-0.05, 0) is 26.3 Å². The molecular weight excluding hydrogens is 210 g/mol. The smallest absolute Gasteiger partial charge is 0.338 e. The molecule has 0 saturated heterocycles. The van der Waals surface area contributed by atoms with E-state index in [1.807, 2.05) is 0 Å². The van der Waals surface area contributed by atoms with Crippen molar-refractivity contribution in [3.63, 3.8) is 0 Å². The second kappa shape index (κ2) is 8.50. The van der Waals surface area contributed by atoms with Gasteiger partial charge in [0.15, 0.2) is 5.60 Å². The summed E-state index contributed by atoms with van der Waals surface area (Å²) in [5.74, 6) is -0.625. The van der Waals surface area contributed by atoms with E-state index in [2.05, 4.69) is 10.1 Å². The van der Waals surface area contributed by atoms with Crippen molar-refractivity contribution in [1.82, 2.24) is 5.32 Å². The van der Waals surface area contributed by atoms with Crippen LogP contribution in [0.1, 0.15) is 32.6 Å². The molecular formula is C11H23NO4. The van der Waals surface area contributed by atoms with E-state index in [9.17, 15) is 9.90 Å². The zero-order chi connectivity index (χ0) is 12.4. The lowest BCUT2D eigenvalue weighted by Gasteiger charge is -2.20. The number of unbranched alkanes of at least 4 members (excludes halogenated alkanes) is 3. The molecule has 1 unspecified atom stereocenters. The number of hydrogen-bond donors (Lipinski definition) is 3. The molecule has 0 aromatic rings. The number of nitrogens with one attached hydrogen (secondary N) is 1. The van der Waals surface area contributed by atoms with E-state index < -0.39 is 11.6 Å². The summed E-state index contributed by atoms with van der Waals surface area (Å²) in [6.45, 7) is 2.61. The third-order valence-corrected chi connectivity index (χ3v) is 2.36. The van der Waals surface area contributed by atoms with E-state index >= 15 is 0 Å². The van der Waals surface area contributed by atoms with Gasteiger partial charge >= 0.3 is 5.97 Å². The molecule has 0 fully saturated rings. The SMILES string of the molecule is COC(=O)C(C)(O)CNCCCCCCO. The molecule has 5 heteroatoms. The van der Waals surface area contributed by atoms with Gasteiger partial charge in [0.05, 0.1) is 7.11 Å². The van der Waals surface area contributed by atoms with Crippen molar-refractivity contribution >= 4 is 5.97 Å². The van der Waals surface area contributed by atoms with Gasteiger partial charge in [-0.1, -0.05) is 12.8 Å². The summed E-state index contributed by atoms with van der Waals surface area (Å²) in [5.41, 5.74) is -1.46. The number of carbonyl (C=O) groups is 1. The summed E-state index contributed by atoms with van der Waals surface area (Å²) in [7, 11) is 1.26. The first-order valence-electron chi connectivity index (χ1n) is 5.67. The molecule has 0 aliphatic heterocycles. The molecule has 0 aromatic heterocycles. The predicted octanol–water partition coefficient (Wildman–Crippen LogP) is 0.0527. The molecule has 0 aliphatic rings. The molecule has 0 radical (unpaired) electrons. The van der Waals surface area contributed by atoms with Crippen LogP contribution in [-0.2, 0) is 9.53 Å². The minimum atomic E-state index is -1.46. The van der Waals surface area contributed by atoms with Crippen molar-refractivity contribution in [2.75, 3.05) is 26.8 Å². The van der Waals surface area contributed by atoms with Crippen LogP contribution in [0.25, 0.3) is 0 Å². The van der Waals surface area contributed by atoms with Gasteiger partial charge < -0.3 is 20.3 Å². The van der Waals surface area contributed by atoms with E-state index in [4.69, 9.17) is 5.11 Å². The maximum atomic E-state index is 11.1. The van der Waals surface area contributed by atoms with E-state index in [1.54, 1.807) is 0 Å². The van der Waals surface area contributed by atoms with Crippen LogP contribution in [0.4, 0.5) is 0 Å². The molecule has 96 valence electrons. The lowest BCUT2D eigenvalue weighted by Crippen LogP contribution is -2.45. The Morgan fingerprint density at radius 3 is 2.50 bits per heavy atom. The van der Waals surface area contributed by atoms with Crippen molar-refractivity contribution in [2.24, 2.45) is 0 Å². The second-order valence-electron chi connectivity index (χ2n) is 4.08. The van der Waals surface area contributed by atoms with Gasteiger partial charge in [-0.15, -0.1) is 0 Å². The third-order valence-electron chi connectivity index (χ3n) is 2.36. The molecule has 3 N–H and O–H groups in total. The summed E-state index contributed by atoms with van der Waals surface area (Å²) in [6.07, 6.45) is 3.84. The maximum absolute atomic E-state index is 11.1. The van der Waals surface area contributed by atoms with Crippen LogP contribution in [0.15, 0.2) is 0 Å². The highest BCUT2D eigenvalue weighted by Gasteiger charge is 2.30. The fraction of sp³-hybridized carbons (Fsp3) is 0.909. The van der Waals surface area contributed by atoms with Crippen LogP contribution < -0.4 is 5.32 Å². The Balaban J connectivity index is 3.47. The molecule has 0 bridgehead atoms. The summed E-state index contributed by atoms with van der Waals surface area (Å²) in [5, 5.41) is 21.2. The minimum Gasteiger partial charge on any atom is -0.467 e. The first-order chi connectivity index (χ1) is 7.54. The third kappa shape index (κ3) is 6.76. The average molecular weight is 233 g/mol. The molecule has 0 spiro atoms. The summed E-state index contributed by atoms with van der Waals surface area (Å²) < 4.78 is 4.47. The fourth-order valence-corrected chi connectivity index (χ4v) is 1.34. The molecule has 16 heavy (non-hydrogen) atoms. The fourth-order valence-electron chi connectivity index (χ4n) is 1.34. The summed E-state index contributed by atoms with van der Waals surface area (Å²) >= 11 is 0. The van der Waals surface area contributed by atoms with Crippen LogP contribution in [-0.4, -0.2) is 48.6 Å². The predicted molar refractivity (Wildman–Crippen MR) is 61.1 cm³/mol. The highest BCUT2D eigenvalue weighted by molar-refractivity contribution is 5.78. The highest BCUT2D eigenvalue weighted by atomic mass is 16.5. The van der Waals surface area contributed by atoms with E-state index in [0.717, 1.165) is 32.2 Å². The van der Waals surface area contributed by atoms with Crippen molar-refractivity contribution in [3.8, 4) is 0 Å². The van der Waals surface area contributed by atoms with Gasteiger partial charge in [0, 0.05) is 13.2 Å². The number of methoxy groups -OCH3 is 1. The van der Waals surface area contributed by atoms with Gasteiger partial charge in [0.25, 0.3) is 0 Å². The van der Waals surface area contributed by atoms with Crippen LogP contribution in [0.2, 0.25) is 0 Å². The summed E-state index contributed by atoms with van der Waals surface area (Å²) in [6, 6.07) is 0. The average Bonchev–Trinajstić information content (AvgIpc) is 2.26.